The molecule has 0 bridgehead atoms. The highest BCUT2D eigenvalue weighted by Gasteiger charge is 2.46. The Morgan fingerprint density at radius 1 is 0.975 bits per heavy atom. The van der Waals surface area contributed by atoms with Crippen LogP contribution in [0, 0.1) is 0 Å². The molecule has 0 spiro atoms. The summed E-state index contributed by atoms with van der Waals surface area (Å²) < 4.78 is 45.2. The fourth-order valence-corrected chi connectivity index (χ4v) is 6.16. The van der Waals surface area contributed by atoms with Crippen molar-refractivity contribution in [3.63, 3.8) is 0 Å². The van der Waals surface area contributed by atoms with E-state index in [1.54, 1.807) is 0 Å². The third kappa shape index (κ3) is 6.66. The highest BCUT2D eigenvalue weighted by molar-refractivity contribution is 7.66. The molecule has 19 nitrogen and oxygen atoms in total. The third-order valence-electron chi connectivity index (χ3n) is 6.01. The molecule has 2 aromatic rings. The molecule has 222 valence electrons. The predicted molar refractivity (Wildman–Crippen MR) is 129 cm³/mol. The number of imidazole rings is 1. The van der Waals surface area contributed by atoms with E-state index in [0.717, 1.165) is 12.4 Å². The number of nitrogens with zero attached hydrogens (tertiary/aromatic N) is 4. The number of ether oxygens (including phenoxy) is 2. The van der Waals surface area contributed by atoms with Crippen molar-refractivity contribution in [3.8, 4) is 0 Å². The van der Waals surface area contributed by atoms with Crippen molar-refractivity contribution in [2.75, 3.05) is 12.3 Å². The maximum Gasteiger partial charge on any atom is 0.479 e. The van der Waals surface area contributed by atoms with Gasteiger partial charge in [-0.3, -0.25) is 13.7 Å². The second-order valence-electron chi connectivity index (χ2n) is 8.81. The van der Waals surface area contributed by atoms with Crippen molar-refractivity contribution in [1.82, 2.24) is 19.5 Å². The van der Waals surface area contributed by atoms with Gasteiger partial charge in [0.2, 0.25) is 0 Å². The zero-order valence-electron chi connectivity index (χ0n) is 20.2. The summed E-state index contributed by atoms with van der Waals surface area (Å²) in [4.78, 5) is 31.6. The zero-order chi connectivity index (χ0) is 29.4. The van der Waals surface area contributed by atoms with E-state index in [2.05, 4.69) is 29.5 Å². The minimum Gasteiger partial charge on any atom is -0.388 e. The van der Waals surface area contributed by atoms with E-state index in [1.807, 2.05) is 0 Å². The fraction of sp³-hybridized carbons (Fsp3) is 0.579. The van der Waals surface area contributed by atoms with Gasteiger partial charge in [0.05, 0.1) is 24.9 Å². The Balaban J connectivity index is 1.33. The van der Waals surface area contributed by atoms with Gasteiger partial charge in [-0.05, 0) is 6.08 Å². The molecule has 10 N–H and O–H groups in total. The summed E-state index contributed by atoms with van der Waals surface area (Å²) in [5.41, 5.74) is 8.30. The van der Waals surface area contributed by atoms with E-state index >= 15 is 0 Å². The lowest BCUT2D eigenvalue weighted by Crippen LogP contribution is -2.57. The van der Waals surface area contributed by atoms with Crippen LogP contribution in [0.1, 0.15) is 12.6 Å². The molecule has 2 aliphatic heterocycles. The molecule has 0 radical (unpaired) electrons. The molecule has 4 heterocycles. The van der Waals surface area contributed by atoms with Gasteiger partial charge in [-0.1, -0.05) is 0 Å². The summed E-state index contributed by atoms with van der Waals surface area (Å²) in [6, 6.07) is 0. The van der Waals surface area contributed by atoms with Crippen LogP contribution in [-0.4, -0.2) is 116 Å². The molecule has 0 aromatic carbocycles. The van der Waals surface area contributed by atoms with Gasteiger partial charge in [-0.15, -0.1) is 5.73 Å². The molecule has 3 unspecified atom stereocenters. The average molecular weight is 611 g/mol. The van der Waals surface area contributed by atoms with Gasteiger partial charge in [0.15, 0.2) is 24.0 Å². The topological polar surface area (TPSA) is 303 Å². The Morgan fingerprint density at radius 3 is 2.40 bits per heavy atom. The number of phosphoric acid groups is 1. The van der Waals surface area contributed by atoms with Gasteiger partial charge < -0.3 is 55.6 Å². The number of phosphoric ester groups is 1. The number of aliphatic hydroxyl groups excluding tert-OH is 6. The number of aliphatic hydroxyl groups is 6. The standard InChI is InChI=1S/C19H27N5O14P2/c20-16-10-17(22-6-21-16)24(7-23-10)18-14(28)12(26)9(36-18)5-35-40(33,34)38-39(31,32)4-2-1-3-8-11(25)13(27)15(29)19(30)37-8/h1,4,6-9,11-15,18-19,25-30H,3,5H2,(H,31,32)(H,33,34)(H2,20,21,22)/t2?,8-,9-,11-,12-,13+,14-,15-,18-,19?/m1/s1. The van der Waals surface area contributed by atoms with E-state index in [1.165, 1.54) is 10.9 Å². The van der Waals surface area contributed by atoms with Gasteiger partial charge in [-0.25, -0.2) is 23.8 Å². The molecular weight excluding hydrogens is 584 g/mol. The first-order valence-electron chi connectivity index (χ1n) is 11.5. The number of hydrogen-bond donors (Lipinski definition) is 9. The molecule has 0 aliphatic carbocycles. The lowest BCUT2D eigenvalue weighted by molar-refractivity contribution is -0.280. The van der Waals surface area contributed by atoms with Gasteiger partial charge in [0.1, 0.15) is 48.5 Å². The van der Waals surface area contributed by atoms with Crippen LogP contribution in [0.5, 0.6) is 0 Å². The maximum atomic E-state index is 12.3. The number of hydrogen-bond acceptors (Lipinski definition) is 16. The van der Waals surface area contributed by atoms with Crippen LogP contribution >= 0.6 is 15.4 Å². The van der Waals surface area contributed by atoms with E-state index in [0.29, 0.717) is 5.82 Å². The summed E-state index contributed by atoms with van der Waals surface area (Å²) in [6.07, 6.45) is -10.7. The van der Waals surface area contributed by atoms with Crippen LogP contribution in [0.25, 0.3) is 11.2 Å². The molecule has 2 aliphatic rings. The van der Waals surface area contributed by atoms with Gasteiger partial charge >= 0.3 is 15.4 Å². The fourth-order valence-electron chi connectivity index (χ4n) is 3.97. The molecule has 2 fully saturated rings. The number of anilines is 1. The first kappa shape index (κ1) is 30.8. The number of nitrogens with two attached hydrogens (primary N) is 1. The SMILES string of the molecule is Nc1ncnc2c1ncn2[C@@H]1O[C@H](COP(=O)(O)OP(=O)(O)C=C=CC[C@H]2OC(O)[C@H](O)[C@@H](O)[C@@H]2O)[C@@H](O)[C@H]1O. The van der Waals surface area contributed by atoms with Crippen LogP contribution in [0.3, 0.4) is 0 Å². The first-order chi connectivity index (χ1) is 18.7. The summed E-state index contributed by atoms with van der Waals surface area (Å²) >= 11 is 0. The van der Waals surface area contributed by atoms with Crippen molar-refractivity contribution in [2.45, 2.75) is 61.7 Å². The number of nitrogen functional groups attached to an aromatic ring is 1. The second-order valence-corrected chi connectivity index (χ2v) is 12.0. The normalized spacial score (nSPS) is 35.5. The van der Waals surface area contributed by atoms with Gasteiger partial charge in [0.25, 0.3) is 0 Å². The van der Waals surface area contributed by atoms with E-state index < -0.39 is 77.3 Å². The number of aromatic nitrogens is 4. The van der Waals surface area contributed by atoms with Gasteiger partial charge in [0, 0.05) is 6.42 Å². The maximum absolute atomic E-state index is 12.3. The second kappa shape index (κ2) is 12.0. The smallest absolute Gasteiger partial charge is 0.388 e. The van der Waals surface area contributed by atoms with E-state index in [-0.39, 0.29) is 23.4 Å². The van der Waals surface area contributed by atoms with Crippen molar-refractivity contribution < 1.29 is 67.9 Å². The Kier molecular flexibility index (Phi) is 9.23. The molecule has 2 aromatic heterocycles. The molecule has 2 saturated heterocycles. The van der Waals surface area contributed by atoms with Crippen LogP contribution in [-0.2, 0) is 27.4 Å². The quantitative estimate of drug-likeness (QED) is 0.102. The van der Waals surface area contributed by atoms with Crippen molar-refractivity contribution in [2.24, 2.45) is 0 Å². The van der Waals surface area contributed by atoms with Crippen LogP contribution in [0.15, 0.2) is 30.3 Å². The van der Waals surface area contributed by atoms with E-state index in [4.69, 9.17) is 15.2 Å². The van der Waals surface area contributed by atoms with Crippen LogP contribution < -0.4 is 5.73 Å². The number of fused-ring (bicyclic) bond motifs is 1. The first-order valence-corrected chi connectivity index (χ1v) is 14.6. The molecule has 40 heavy (non-hydrogen) atoms. The van der Waals surface area contributed by atoms with Crippen molar-refractivity contribution in [3.05, 3.63) is 30.3 Å². The molecule has 21 heteroatoms. The predicted octanol–water partition coefficient (Wildman–Crippen LogP) is -2.79. The van der Waals surface area contributed by atoms with Crippen LogP contribution in [0.2, 0.25) is 0 Å². The highest BCUT2D eigenvalue weighted by Crippen LogP contribution is 2.60. The summed E-state index contributed by atoms with van der Waals surface area (Å²) in [6.45, 7) is -0.848. The van der Waals surface area contributed by atoms with Crippen molar-refractivity contribution in [1.29, 1.82) is 0 Å². The highest BCUT2D eigenvalue weighted by atomic mass is 31.3. The molecule has 0 amide bonds. The zero-order valence-corrected chi connectivity index (χ0v) is 22.0. The Morgan fingerprint density at radius 2 is 1.68 bits per heavy atom. The lowest BCUT2D eigenvalue weighted by atomic mass is 9.97. The Bertz CT molecular complexity index is 1370. The third-order valence-corrected chi connectivity index (χ3v) is 8.73. The molecular formula is C19H27N5O14P2. The van der Waals surface area contributed by atoms with Gasteiger partial charge in [-0.2, -0.15) is 0 Å². The Labute approximate surface area is 224 Å². The minimum atomic E-state index is -5.23. The van der Waals surface area contributed by atoms with Crippen molar-refractivity contribution >= 4 is 32.4 Å². The molecule has 0 saturated carbocycles. The van der Waals surface area contributed by atoms with Crippen LogP contribution in [0.4, 0.5) is 5.82 Å². The van der Waals surface area contributed by atoms with E-state index in [9.17, 15) is 49.6 Å². The summed E-state index contributed by atoms with van der Waals surface area (Å²) in [5, 5.41) is 59.3. The molecule has 11 atom stereocenters. The molecule has 4 rings (SSSR count). The summed E-state index contributed by atoms with van der Waals surface area (Å²) in [7, 11) is -10.2. The number of rotatable bonds is 9. The monoisotopic (exact) mass is 611 g/mol. The minimum absolute atomic E-state index is 0.0599. The Hall–Kier alpha value is -2.15. The lowest BCUT2D eigenvalue weighted by Gasteiger charge is -2.37. The largest absolute Gasteiger partial charge is 0.479 e. The summed E-state index contributed by atoms with van der Waals surface area (Å²) in [5.74, 6) is 0.457. The average Bonchev–Trinajstić information content (AvgIpc) is 3.43.